The molecule has 0 aliphatic carbocycles. The van der Waals surface area contributed by atoms with E-state index in [1.54, 1.807) is 18.3 Å². The van der Waals surface area contributed by atoms with Gasteiger partial charge in [-0.2, -0.15) is 0 Å². The largest absolute Gasteiger partial charge is 0.384 e. The minimum Gasteiger partial charge on any atom is -0.384 e. The number of imidazole rings is 1. The molecule has 0 aliphatic rings. The highest BCUT2D eigenvalue weighted by molar-refractivity contribution is 5.79. The Morgan fingerprint density at radius 3 is 2.61 bits per heavy atom. The number of rotatable bonds is 1. The number of aromatic amines is 1. The maximum Gasteiger partial charge on any atom is 0.161 e. The summed E-state index contributed by atoms with van der Waals surface area (Å²) >= 11 is 0. The lowest BCUT2D eigenvalue weighted by molar-refractivity contribution is 0.510. The normalized spacial score (nSPS) is 11.0. The van der Waals surface area contributed by atoms with Gasteiger partial charge >= 0.3 is 0 Å². The van der Waals surface area contributed by atoms with E-state index in [1.807, 2.05) is 0 Å². The number of hydrogen-bond acceptors (Lipinski definition) is 3. The van der Waals surface area contributed by atoms with Gasteiger partial charge in [-0.05, 0) is 12.1 Å². The Kier molecular flexibility index (Phi) is 2.22. The van der Waals surface area contributed by atoms with E-state index in [0.29, 0.717) is 28.2 Å². The van der Waals surface area contributed by atoms with Gasteiger partial charge in [0.15, 0.2) is 11.6 Å². The SMILES string of the molecule is Nc1ccc(-c2nc3cc(F)c(F)cc3[nH]2)cn1. The third kappa shape index (κ3) is 1.67. The number of nitrogens with zero attached hydrogens (tertiary/aromatic N) is 2. The van der Waals surface area contributed by atoms with Crippen molar-refractivity contribution in [3.05, 3.63) is 42.1 Å². The summed E-state index contributed by atoms with van der Waals surface area (Å²) in [5.74, 6) is -0.946. The predicted octanol–water partition coefficient (Wildman–Crippen LogP) is 2.49. The standard InChI is InChI=1S/C12H8F2N4/c13-7-3-9-10(4-8(7)14)18-12(17-9)6-1-2-11(15)16-5-6/h1-5H,(H2,15,16)(H,17,18). The fourth-order valence-electron chi connectivity index (χ4n) is 1.69. The third-order valence-electron chi connectivity index (χ3n) is 2.58. The molecule has 0 saturated carbocycles. The maximum absolute atomic E-state index is 13.1. The van der Waals surface area contributed by atoms with E-state index in [9.17, 15) is 8.78 Å². The summed E-state index contributed by atoms with van der Waals surface area (Å²) in [5.41, 5.74) is 6.97. The number of benzene rings is 1. The van der Waals surface area contributed by atoms with Crippen LogP contribution < -0.4 is 5.73 Å². The molecule has 0 atom stereocenters. The molecule has 0 saturated heterocycles. The Labute approximate surface area is 100 Å². The van der Waals surface area contributed by atoms with Gasteiger partial charge in [-0.15, -0.1) is 0 Å². The first kappa shape index (κ1) is 10.6. The number of nitrogens with two attached hydrogens (primary N) is 1. The van der Waals surface area contributed by atoms with Gasteiger partial charge in [0.2, 0.25) is 0 Å². The molecular weight excluding hydrogens is 238 g/mol. The van der Waals surface area contributed by atoms with Gasteiger partial charge in [0, 0.05) is 23.9 Å². The van der Waals surface area contributed by atoms with Gasteiger partial charge in [0.05, 0.1) is 11.0 Å². The van der Waals surface area contributed by atoms with Gasteiger partial charge in [-0.3, -0.25) is 0 Å². The lowest BCUT2D eigenvalue weighted by atomic mass is 10.3. The van der Waals surface area contributed by atoms with Crippen molar-refractivity contribution in [1.82, 2.24) is 15.0 Å². The number of pyridine rings is 1. The van der Waals surface area contributed by atoms with Crippen molar-refractivity contribution in [2.45, 2.75) is 0 Å². The molecule has 3 N–H and O–H groups in total. The number of H-pyrrole nitrogens is 1. The van der Waals surface area contributed by atoms with Crippen LogP contribution in [-0.2, 0) is 0 Å². The number of fused-ring (bicyclic) bond motifs is 1. The monoisotopic (exact) mass is 246 g/mol. The van der Waals surface area contributed by atoms with Gasteiger partial charge in [-0.1, -0.05) is 0 Å². The molecule has 0 spiro atoms. The molecule has 90 valence electrons. The van der Waals surface area contributed by atoms with Crippen molar-refractivity contribution in [3.8, 4) is 11.4 Å². The molecule has 0 radical (unpaired) electrons. The van der Waals surface area contributed by atoms with Crippen LogP contribution >= 0.6 is 0 Å². The van der Waals surface area contributed by atoms with Gasteiger partial charge in [0.25, 0.3) is 0 Å². The lowest BCUT2D eigenvalue weighted by Crippen LogP contribution is -1.89. The molecule has 0 aliphatic heterocycles. The fourth-order valence-corrected chi connectivity index (χ4v) is 1.69. The highest BCUT2D eigenvalue weighted by atomic mass is 19.2. The summed E-state index contributed by atoms with van der Waals surface area (Å²) in [6.45, 7) is 0. The van der Waals surface area contributed by atoms with Crippen LogP contribution in [0.5, 0.6) is 0 Å². The molecular formula is C12H8F2N4. The quantitative estimate of drug-likeness (QED) is 0.693. The molecule has 1 aromatic carbocycles. The Hall–Kier alpha value is -2.50. The zero-order chi connectivity index (χ0) is 12.7. The van der Waals surface area contributed by atoms with E-state index in [0.717, 1.165) is 12.1 Å². The maximum atomic E-state index is 13.1. The van der Waals surface area contributed by atoms with Crippen molar-refractivity contribution >= 4 is 16.9 Å². The summed E-state index contributed by atoms with van der Waals surface area (Å²) in [6.07, 6.45) is 1.54. The average Bonchev–Trinajstić information content (AvgIpc) is 2.73. The van der Waals surface area contributed by atoms with E-state index in [2.05, 4.69) is 15.0 Å². The molecule has 3 rings (SSSR count). The summed E-state index contributed by atoms with van der Waals surface area (Å²) in [4.78, 5) is 11.0. The number of nitrogens with one attached hydrogen (secondary N) is 1. The van der Waals surface area contributed by atoms with Crippen LogP contribution in [0.15, 0.2) is 30.5 Å². The van der Waals surface area contributed by atoms with Crippen molar-refractivity contribution in [1.29, 1.82) is 0 Å². The second-order valence-electron chi connectivity index (χ2n) is 3.84. The fraction of sp³-hybridized carbons (Fsp3) is 0. The molecule has 2 heterocycles. The zero-order valence-corrected chi connectivity index (χ0v) is 9.11. The summed E-state index contributed by atoms with van der Waals surface area (Å²) in [5, 5.41) is 0. The van der Waals surface area contributed by atoms with Crippen LogP contribution in [0.1, 0.15) is 0 Å². The highest BCUT2D eigenvalue weighted by Crippen LogP contribution is 2.22. The van der Waals surface area contributed by atoms with E-state index in [4.69, 9.17) is 5.73 Å². The van der Waals surface area contributed by atoms with E-state index >= 15 is 0 Å². The van der Waals surface area contributed by atoms with Crippen LogP contribution in [0.3, 0.4) is 0 Å². The summed E-state index contributed by atoms with van der Waals surface area (Å²) in [7, 11) is 0. The van der Waals surface area contributed by atoms with Crippen LogP contribution in [0.25, 0.3) is 22.4 Å². The third-order valence-corrected chi connectivity index (χ3v) is 2.58. The van der Waals surface area contributed by atoms with Crippen molar-refractivity contribution < 1.29 is 8.78 Å². The Morgan fingerprint density at radius 1 is 1.11 bits per heavy atom. The van der Waals surface area contributed by atoms with Gasteiger partial charge in [-0.25, -0.2) is 18.7 Å². The van der Waals surface area contributed by atoms with Crippen LogP contribution in [0, 0.1) is 11.6 Å². The molecule has 6 heteroatoms. The van der Waals surface area contributed by atoms with Crippen LogP contribution in [0.2, 0.25) is 0 Å². The lowest BCUT2D eigenvalue weighted by Gasteiger charge is -1.95. The molecule has 0 bridgehead atoms. The molecule has 0 fully saturated rings. The van der Waals surface area contributed by atoms with Crippen molar-refractivity contribution in [2.75, 3.05) is 5.73 Å². The minimum absolute atomic E-state index is 0.362. The second-order valence-corrected chi connectivity index (χ2v) is 3.84. The Balaban J connectivity index is 2.16. The molecule has 3 aromatic rings. The second kappa shape index (κ2) is 3.76. The van der Waals surface area contributed by atoms with E-state index in [-0.39, 0.29) is 0 Å². The number of anilines is 1. The van der Waals surface area contributed by atoms with Crippen LogP contribution in [-0.4, -0.2) is 15.0 Å². The summed E-state index contributed by atoms with van der Waals surface area (Å²) < 4.78 is 26.1. The zero-order valence-electron chi connectivity index (χ0n) is 9.11. The molecule has 4 nitrogen and oxygen atoms in total. The first-order valence-electron chi connectivity index (χ1n) is 5.20. The first-order valence-corrected chi connectivity index (χ1v) is 5.20. The molecule has 0 unspecified atom stereocenters. The number of nitrogen functional groups attached to an aromatic ring is 1. The van der Waals surface area contributed by atoms with E-state index in [1.165, 1.54) is 0 Å². The van der Waals surface area contributed by atoms with Gasteiger partial charge < -0.3 is 10.7 Å². The Bertz CT molecular complexity index is 680. The van der Waals surface area contributed by atoms with Crippen molar-refractivity contribution in [3.63, 3.8) is 0 Å². The smallest absolute Gasteiger partial charge is 0.161 e. The number of hydrogen-bond donors (Lipinski definition) is 2. The highest BCUT2D eigenvalue weighted by Gasteiger charge is 2.09. The van der Waals surface area contributed by atoms with Crippen LogP contribution in [0.4, 0.5) is 14.6 Å². The number of aromatic nitrogens is 3. The van der Waals surface area contributed by atoms with E-state index < -0.39 is 11.6 Å². The topological polar surface area (TPSA) is 67.6 Å². The first-order chi connectivity index (χ1) is 8.63. The van der Waals surface area contributed by atoms with Crippen molar-refractivity contribution in [2.24, 2.45) is 0 Å². The predicted molar refractivity (Wildman–Crippen MR) is 63.7 cm³/mol. The van der Waals surface area contributed by atoms with Gasteiger partial charge in [0.1, 0.15) is 11.6 Å². The molecule has 2 aromatic heterocycles. The summed E-state index contributed by atoms with van der Waals surface area (Å²) in [6, 6.07) is 5.48. The minimum atomic E-state index is -0.920. The molecule has 0 amide bonds. The molecule has 18 heavy (non-hydrogen) atoms. The number of halogens is 2. The average molecular weight is 246 g/mol. The Morgan fingerprint density at radius 2 is 1.89 bits per heavy atom.